The molecule has 4 nitrogen and oxygen atoms in total. The van der Waals surface area contributed by atoms with Crippen molar-refractivity contribution < 1.29 is 4.92 Å². The summed E-state index contributed by atoms with van der Waals surface area (Å²) in [5.74, 6) is 0.645. The van der Waals surface area contributed by atoms with Crippen molar-refractivity contribution in [3.63, 3.8) is 0 Å². The lowest BCUT2D eigenvalue weighted by molar-refractivity contribution is -0.384. The van der Waals surface area contributed by atoms with Gasteiger partial charge in [-0.2, -0.15) is 0 Å². The third-order valence-electron chi connectivity index (χ3n) is 2.73. The number of non-ortho nitro benzene ring substituents is 1. The molecule has 1 fully saturated rings. The van der Waals surface area contributed by atoms with Gasteiger partial charge in [-0.1, -0.05) is 0 Å². The van der Waals surface area contributed by atoms with Crippen LogP contribution in [0.1, 0.15) is 23.8 Å². The van der Waals surface area contributed by atoms with Crippen molar-refractivity contribution in [1.29, 1.82) is 0 Å². The Balaban J connectivity index is 1.89. The van der Waals surface area contributed by atoms with Gasteiger partial charge in [0.05, 0.1) is 15.6 Å². The maximum absolute atomic E-state index is 10.5. The summed E-state index contributed by atoms with van der Waals surface area (Å²) in [6.07, 6.45) is 2.47. The predicted molar refractivity (Wildman–Crippen MR) is 65.0 cm³/mol. The third-order valence-corrected chi connectivity index (χ3v) is 3.74. The van der Waals surface area contributed by atoms with E-state index in [1.54, 1.807) is 17.4 Å². The topological polar surface area (TPSA) is 56.0 Å². The summed E-state index contributed by atoms with van der Waals surface area (Å²) >= 11 is 1.66. The van der Waals surface area contributed by atoms with Gasteiger partial charge in [-0.05, 0) is 25.0 Å². The van der Waals surface area contributed by atoms with E-state index in [0.29, 0.717) is 5.92 Å². The normalized spacial score (nSPS) is 14.8. The van der Waals surface area contributed by atoms with E-state index in [0.717, 1.165) is 11.3 Å². The molecular weight excluding hydrogens is 236 g/mol. The van der Waals surface area contributed by atoms with Crippen molar-refractivity contribution in [2.45, 2.75) is 18.8 Å². The first-order chi connectivity index (χ1) is 8.24. The van der Waals surface area contributed by atoms with Crippen LogP contribution in [0.2, 0.25) is 0 Å². The number of hydrogen-bond donors (Lipinski definition) is 0. The third kappa shape index (κ3) is 2.06. The van der Waals surface area contributed by atoms with Gasteiger partial charge in [0.1, 0.15) is 0 Å². The molecule has 1 radical (unpaired) electrons. The first kappa shape index (κ1) is 10.4. The van der Waals surface area contributed by atoms with Crippen LogP contribution in [-0.2, 0) is 0 Å². The molecule has 1 aromatic heterocycles. The number of nitro groups is 1. The number of rotatable bonds is 3. The maximum Gasteiger partial charge on any atom is 0.270 e. The molecule has 1 heterocycles. The Labute approximate surface area is 102 Å². The van der Waals surface area contributed by atoms with Gasteiger partial charge >= 0.3 is 0 Å². The van der Waals surface area contributed by atoms with E-state index in [1.807, 2.05) is 5.38 Å². The molecule has 5 heteroatoms. The zero-order valence-corrected chi connectivity index (χ0v) is 9.74. The summed E-state index contributed by atoms with van der Waals surface area (Å²) in [6, 6.07) is 7.49. The second-order valence-electron chi connectivity index (χ2n) is 4.06. The quantitative estimate of drug-likeness (QED) is 0.615. The van der Waals surface area contributed by atoms with Gasteiger partial charge in [-0.25, -0.2) is 4.98 Å². The van der Waals surface area contributed by atoms with Crippen LogP contribution >= 0.6 is 11.3 Å². The molecule has 0 N–H and O–H groups in total. The molecule has 85 valence electrons. The van der Waals surface area contributed by atoms with Crippen molar-refractivity contribution >= 4 is 17.0 Å². The number of nitro benzene ring substituents is 1. The molecule has 0 spiro atoms. The lowest BCUT2D eigenvalue weighted by atomic mass is 10.1. The molecule has 2 aromatic rings. The van der Waals surface area contributed by atoms with Crippen LogP contribution in [0.3, 0.4) is 0 Å². The minimum Gasteiger partial charge on any atom is -0.258 e. The minimum absolute atomic E-state index is 0.0615. The molecular formula is C12H9N2O2S. The van der Waals surface area contributed by atoms with Crippen LogP contribution in [0, 0.1) is 16.2 Å². The van der Waals surface area contributed by atoms with Gasteiger partial charge < -0.3 is 0 Å². The number of hydrogen-bond acceptors (Lipinski definition) is 4. The van der Waals surface area contributed by atoms with E-state index in [1.165, 1.54) is 30.0 Å². The summed E-state index contributed by atoms with van der Waals surface area (Å²) in [5, 5.41) is 13.7. The van der Waals surface area contributed by atoms with Crippen molar-refractivity contribution in [2.24, 2.45) is 0 Å². The highest BCUT2D eigenvalue weighted by Crippen LogP contribution is 2.42. The van der Waals surface area contributed by atoms with Gasteiger partial charge in [0.15, 0.2) is 0 Å². The predicted octanol–water partition coefficient (Wildman–Crippen LogP) is 3.40. The average Bonchev–Trinajstić information content (AvgIpc) is 3.07. The van der Waals surface area contributed by atoms with Crippen LogP contribution in [0.15, 0.2) is 23.6 Å². The van der Waals surface area contributed by atoms with E-state index in [2.05, 4.69) is 11.1 Å². The SMILES string of the molecule is O=[N+]([O-])c1c[c]c(-c2csc(C3CC3)n2)cc1. The lowest BCUT2D eigenvalue weighted by Gasteiger charge is -1.95. The van der Waals surface area contributed by atoms with Crippen LogP contribution in [-0.4, -0.2) is 9.91 Å². The maximum atomic E-state index is 10.5. The number of thiazole rings is 1. The molecule has 0 saturated heterocycles. The highest BCUT2D eigenvalue weighted by molar-refractivity contribution is 7.10. The molecule has 0 aliphatic heterocycles. The fourth-order valence-corrected chi connectivity index (χ4v) is 2.61. The fraction of sp³-hybridized carbons (Fsp3) is 0.250. The summed E-state index contributed by atoms with van der Waals surface area (Å²) < 4.78 is 0. The second kappa shape index (κ2) is 3.92. The van der Waals surface area contributed by atoms with Gasteiger partial charge in [0.2, 0.25) is 0 Å². The monoisotopic (exact) mass is 245 g/mol. The second-order valence-corrected chi connectivity index (χ2v) is 4.95. The highest BCUT2D eigenvalue weighted by Gasteiger charge is 2.26. The Morgan fingerprint density at radius 1 is 1.47 bits per heavy atom. The molecule has 1 aliphatic carbocycles. The first-order valence-corrected chi connectivity index (χ1v) is 6.24. The minimum atomic E-state index is -0.420. The van der Waals surface area contributed by atoms with Crippen molar-refractivity contribution in [2.75, 3.05) is 0 Å². The van der Waals surface area contributed by atoms with Crippen LogP contribution in [0.25, 0.3) is 11.3 Å². The fourth-order valence-electron chi connectivity index (χ4n) is 1.62. The zero-order valence-electron chi connectivity index (χ0n) is 8.92. The van der Waals surface area contributed by atoms with E-state index >= 15 is 0 Å². The molecule has 1 aliphatic rings. The molecule has 3 rings (SSSR count). The highest BCUT2D eigenvalue weighted by atomic mass is 32.1. The van der Waals surface area contributed by atoms with E-state index in [4.69, 9.17) is 0 Å². The molecule has 0 atom stereocenters. The lowest BCUT2D eigenvalue weighted by Crippen LogP contribution is -1.87. The van der Waals surface area contributed by atoms with E-state index in [9.17, 15) is 10.1 Å². The van der Waals surface area contributed by atoms with E-state index < -0.39 is 4.92 Å². The largest absolute Gasteiger partial charge is 0.270 e. The standard InChI is InChI=1S/C12H9N2O2S/c15-14(16)10-5-3-8(4-6-10)11-7-17-12(13-11)9-1-2-9/h3,5-7,9H,1-2H2. The number of benzene rings is 1. The number of nitrogens with zero attached hydrogens (tertiary/aromatic N) is 2. The van der Waals surface area contributed by atoms with Gasteiger partial charge in [0.25, 0.3) is 5.69 Å². The summed E-state index contributed by atoms with van der Waals surface area (Å²) in [6.45, 7) is 0. The molecule has 17 heavy (non-hydrogen) atoms. The molecule has 1 saturated carbocycles. The summed E-state index contributed by atoms with van der Waals surface area (Å²) in [4.78, 5) is 14.6. The van der Waals surface area contributed by atoms with Gasteiger partial charge in [-0.3, -0.25) is 10.1 Å². The van der Waals surface area contributed by atoms with Crippen molar-refractivity contribution in [1.82, 2.24) is 4.98 Å². The molecule has 0 amide bonds. The number of aromatic nitrogens is 1. The Morgan fingerprint density at radius 2 is 2.29 bits per heavy atom. The smallest absolute Gasteiger partial charge is 0.258 e. The van der Waals surface area contributed by atoms with Crippen LogP contribution < -0.4 is 0 Å². The van der Waals surface area contributed by atoms with E-state index in [-0.39, 0.29) is 5.69 Å². The average molecular weight is 245 g/mol. The first-order valence-electron chi connectivity index (χ1n) is 5.36. The summed E-state index contributed by atoms with van der Waals surface area (Å²) in [7, 11) is 0. The Kier molecular flexibility index (Phi) is 2.40. The summed E-state index contributed by atoms with van der Waals surface area (Å²) in [5.41, 5.74) is 1.75. The van der Waals surface area contributed by atoms with Gasteiger partial charge in [0, 0.05) is 29.0 Å². The molecule has 0 unspecified atom stereocenters. The van der Waals surface area contributed by atoms with Gasteiger partial charge in [-0.15, -0.1) is 11.3 Å². The Bertz CT molecular complexity index is 558. The van der Waals surface area contributed by atoms with Crippen LogP contribution in [0.5, 0.6) is 0 Å². The molecule has 1 aromatic carbocycles. The van der Waals surface area contributed by atoms with Crippen LogP contribution in [0.4, 0.5) is 5.69 Å². The molecule has 0 bridgehead atoms. The zero-order chi connectivity index (χ0) is 11.8. The Hall–Kier alpha value is -1.75. The van der Waals surface area contributed by atoms with Crippen molar-refractivity contribution in [3.05, 3.63) is 44.8 Å². The van der Waals surface area contributed by atoms with Crippen molar-refractivity contribution in [3.8, 4) is 11.3 Å². The Morgan fingerprint density at radius 3 is 2.88 bits per heavy atom.